The van der Waals surface area contributed by atoms with Crippen LogP contribution < -0.4 is 5.32 Å². The molecule has 1 amide bonds. The first-order valence-electron chi connectivity index (χ1n) is 8.82. The Morgan fingerprint density at radius 3 is 2.55 bits per heavy atom. The van der Waals surface area contributed by atoms with Crippen molar-refractivity contribution in [3.05, 3.63) is 71.5 Å². The van der Waals surface area contributed by atoms with E-state index in [-0.39, 0.29) is 5.69 Å². The van der Waals surface area contributed by atoms with E-state index in [1.807, 2.05) is 41.8 Å². The lowest BCUT2D eigenvalue weighted by Crippen LogP contribution is -2.23. The Kier molecular flexibility index (Phi) is 6.26. The molecule has 0 spiro atoms. The maximum atomic E-state index is 12.8. The quantitative estimate of drug-likeness (QED) is 0.584. The zero-order valence-corrected chi connectivity index (χ0v) is 16.6. The Morgan fingerprint density at radius 2 is 1.86 bits per heavy atom. The van der Waals surface area contributed by atoms with Gasteiger partial charge in [-0.3, -0.25) is 4.79 Å². The molecule has 1 aromatic heterocycles. The zero-order valence-electron chi connectivity index (χ0n) is 15.8. The highest BCUT2D eigenvalue weighted by molar-refractivity contribution is 8.00. The third kappa shape index (κ3) is 5.38. The van der Waals surface area contributed by atoms with Gasteiger partial charge in [-0.25, -0.2) is 0 Å². The summed E-state index contributed by atoms with van der Waals surface area (Å²) in [6.45, 7) is 4.06. The number of carbonyl (C=O) groups is 1. The molecule has 3 rings (SSSR count). The number of anilines is 1. The molecule has 0 fully saturated rings. The number of alkyl halides is 3. The highest BCUT2D eigenvalue weighted by Crippen LogP contribution is 2.31. The standard InChI is InChI=1S/C20H19F3N4OS/c1-13(18(28)24-17-10-6-9-16(11-17)20(21,22)23)29-19-26-25-14(2)27(19)12-15-7-4-3-5-8-15/h3-11,13H,12H2,1-2H3,(H,24,28)/t13-/m1/s1. The summed E-state index contributed by atoms with van der Waals surface area (Å²) in [5.74, 6) is 0.295. The van der Waals surface area contributed by atoms with Gasteiger partial charge >= 0.3 is 6.18 Å². The van der Waals surface area contributed by atoms with E-state index in [4.69, 9.17) is 0 Å². The van der Waals surface area contributed by atoms with Crippen molar-refractivity contribution in [1.82, 2.24) is 14.8 Å². The predicted octanol–water partition coefficient (Wildman–Crippen LogP) is 4.77. The highest BCUT2D eigenvalue weighted by Gasteiger charge is 2.30. The summed E-state index contributed by atoms with van der Waals surface area (Å²) in [6.07, 6.45) is -4.47. The lowest BCUT2D eigenvalue weighted by Gasteiger charge is -2.14. The number of thioether (sulfide) groups is 1. The summed E-state index contributed by atoms with van der Waals surface area (Å²) >= 11 is 1.20. The summed E-state index contributed by atoms with van der Waals surface area (Å²) in [5, 5.41) is 10.7. The van der Waals surface area contributed by atoms with Gasteiger partial charge < -0.3 is 9.88 Å². The fraction of sp³-hybridized carbons (Fsp3) is 0.250. The number of rotatable bonds is 6. The van der Waals surface area contributed by atoms with Gasteiger partial charge in [-0.15, -0.1) is 10.2 Å². The number of amides is 1. The lowest BCUT2D eigenvalue weighted by molar-refractivity contribution is -0.137. The minimum atomic E-state index is -4.47. The molecule has 0 bridgehead atoms. The Bertz CT molecular complexity index is 989. The highest BCUT2D eigenvalue weighted by atomic mass is 32.2. The number of hydrogen-bond donors (Lipinski definition) is 1. The maximum absolute atomic E-state index is 12.8. The van der Waals surface area contributed by atoms with E-state index in [9.17, 15) is 18.0 Å². The van der Waals surface area contributed by atoms with Crippen molar-refractivity contribution in [3.63, 3.8) is 0 Å². The van der Waals surface area contributed by atoms with Crippen LogP contribution in [0.4, 0.5) is 18.9 Å². The van der Waals surface area contributed by atoms with Crippen molar-refractivity contribution in [2.75, 3.05) is 5.32 Å². The molecule has 0 radical (unpaired) electrons. The SMILES string of the molecule is Cc1nnc(S[C@H](C)C(=O)Nc2cccc(C(F)(F)F)c2)n1Cc1ccccc1. The van der Waals surface area contributed by atoms with Crippen LogP contribution in [0.25, 0.3) is 0 Å². The van der Waals surface area contributed by atoms with Crippen LogP contribution in [0, 0.1) is 6.92 Å². The largest absolute Gasteiger partial charge is 0.416 e. The van der Waals surface area contributed by atoms with Gasteiger partial charge in [0.15, 0.2) is 5.16 Å². The van der Waals surface area contributed by atoms with E-state index < -0.39 is 22.9 Å². The monoisotopic (exact) mass is 420 g/mol. The predicted molar refractivity (Wildman–Crippen MR) is 106 cm³/mol. The third-order valence-corrected chi connectivity index (χ3v) is 5.27. The van der Waals surface area contributed by atoms with Gasteiger partial charge in [0.1, 0.15) is 5.82 Å². The molecule has 1 atom stereocenters. The summed E-state index contributed by atoms with van der Waals surface area (Å²) in [6, 6.07) is 14.3. The van der Waals surface area contributed by atoms with Crippen LogP contribution in [0.15, 0.2) is 59.8 Å². The molecule has 5 nitrogen and oxygen atoms in total. The molecule has 0 aliphatic rings. The van der Waals surface area contributed by atoms with Crippen molar-refractivity contribution in [3.8, 4) is 0 Å². The van der Waals surface area contributed by atoms with E-state index in [0.717, 1.165) is 17.7 Å². The van der Waals surface area contributed by atoms with Gasteiger partial charge in [0.05, 0.1) is 17.4 Å². The van der Waals surface area contributed by atoms with Crippen LogP contribution in [0.3, 0.4) is 0 Å². The lowest BCUT2D eigenvalue weighted by atomic mass is 10.2. The van der Waals surface area contributed by atoms with Crippen molar-refractivity contribution in [2.45, 2.75) is 37.0 Å². The number of hydrogen-bond acceptors (Lipinski definition) is 4. The summed E-state index contributed by atoms with van der Waals surface area (Å²) in [5.41, 5.74) is 0.353. The minimum Gasteiger partial charge on any atom is -0.325 e. The van der Waals surface area contributed by atoms with Crippen molar-refractivity contribution < 1.29 is 18.0 Å². The number of carbonyl (C=O) groups excluding carboxylic acids is 1. The summed E-state index contributed by atoms with van der Waals surface area (Å²) in [7, 11) is 0. The molecule has 0 aliphatic carbocycles. The average molecular weight is 420 g/mol. The average Bonchev–Trinajstić information content (AvgIpc) is 3.02. The second kappa shape index (κ2) is 8.69. The first-order chi connectivity index (χ1) is 13.7. The molecule has 1 N–H and O–H groups in total. The molecule has 152 valence electrons. The van der Waals surface area contributed by atoms with Gasteiger partial charge in [-0.1, -0.05) is 48.2 Å². The van der Waals surface area contributed by atoms with E-state index in [2.05, 4.69) is 15.5 Å². The van der Waals surface area contributed by atoms with Gasteiger partial charge in [0.25, 0.3) is 0 Å². The van der Waals surface area contributed by atoms with E-state index in [0.29, 0.717) is 17.5 Å². The van der Waals surface area contributed by atoms with Crippen LogP contribution in [0.2, 0.25) is 0 Å². The molecular weight excluding hydrogens is 401 g/mol. The Balaban J connectivity index is 1.69. The summed E-state index contributed by atoms with van der Waals surface area (Å²) < 4.78 is 40.4. The number of aryl methyl sites for hydroxylation is 1. The maximum Gasteiger partial charge on any atom is 0.416 e. The summed E-state index contributed by atoms with van der Waals surface area (Å²) in [4.78, 5) is 12.5. The van der Waals surface area contributed by atoms with Crippen LogP contribution in [-0.4, -0.2) is 25.9 Å². The molecule has 1 heterocycles. The molecule has 0 saturated carbocycles. The molecule has 0 aliphatic heterocycles. The zero-order chi connectivity index (χ0) is 21.0. The fourth-order valence-electron chi connectivity index (χ4n) is 2.63. The van der Waals surface area contributed by atoms with E-state index >= 15 is 0 Å². The second-order valence-corrected chi connectivity index (χ2v) is 7.74. The van der Waals surface area contributed by atoms with Crippen molar-refractivity contribution >= 4 is 23.4 Å². The number of nitrogens with one attached hydrogen (secondary N) is 1. The second-order valence-electron chi connectivity index (χ2n) is 6.43. The van der Waals surface area contributed by atoms with Crippen LogP contribution in [0.1, 0.15) is 23.9 Å². The number of aromatic nitrogens is 3. The van der Waals surface area contributed by atoms with Crippen molar-refractivity contribution in [2.24, 2.45) is 0 Å². The number of halogens is 3. The van der Waals surface area contributed by atoms with Gasteiger partial charge in [-0.2, -0.15) is 13.2 Å². The Hall–Kier alpha value is -2.81. The first-order valence-corrected chi connectivity index (χ1v) is 9.70. The molecular formula is C20H19F3N4OS. The van der Waals surface area contributed by atoms with Gasteiger partial charge in [0.2, 0.25) is 5.91 Å². The van der Waals surface area contributed by atoms with Crippen LogP contribution in [-0.2, 0) is 17.5 Å². The topological polar surface area (TPSA) is 59.8 Å². The van der Waals surface area contributed by atoms with E-state index in [1.54, 1.807) is 6.92 Å². The van der Waals surface area contributed by atoms with Crippen LogP contribution >= 0.6 is 11.8 Å². The normalized spacial score (nSPS) is 12.6. The number of benzene rings is 2. The van der Waals surface area contributed by atoms with Gasteiger partial charge in [0, 0.05) is 5.69 Å². The van der Waals surface area contributed by atoms with Gasteiger partial charge in [-0.05, 0) is 37.6 Å². The van der Waals surface area contributed by atoms with Crippen molar-refractivity contribution in [1.29, 1.82) is 0 Å². The van der Waals surface area contributed by atoms with Crippen LogP contribution in [0.5, 0.6) is 0 Å². The third-order valence-electron chi connectivity index (χ3n) is 4.19. The first kappa shape index (κ1) is 20.9. The minimum absolute atomic E-state index is 0.0965. The Labute approximate surface area is 170 Å². The fourth-order valence-corrected chi connectivity index (χ4v) is 3.52. The Morgan fingerprint density at radius 1 is 1.14 bits per heavy atom. The molecule has 29 heavy (non-hydrogen) atoms. The molecule has 9 heteroatoms. The van der Waals surface area contributed by atoms with E-state index in [1.165, 1.54) is 23.9 Å². The molecule has 2 aromatic carbocycles. The molecule has 3 aromatic rings. The molecule has 0 unspecified atom stereocenters. The number of nitrogens with zero attached hydrogens (tertiary/aromatic N) is 3. The molecule has 0 saturated heterocycles. The smallest absolute Gasteiger partial charge is 0.325 e.